The zero-order chi connectivity index (χ0) is 11.4. The molecule has 3 heteroatoms. The van der Waals surface area contributed by atoms with Crippen molar-refractivity contribution in [2.45, 2.75) is 6.54 Å². The van der Waals surface area contributed by atoms with Gasteiger partial charge in [0.15, 0.2) is 0 Å². The second-order valence-electron chi connectivity index (χ2n) is 3.58. The van der Waals surface area contributed by atoms with E-state index < -0.39 is 0 Å². The Hall–Kier alpha value is -1.54. The molecule has 0 spiro atoms. The lowest BCUT2D eigenvalue weighted by Crippen LogP contribution is -2.16. The fourth-order valence-electron chi connectivity index (χ4n) is 1.47. The summed E-state index contributed by atoms with van der Waals surface area (Å²) in [6, 6.07) is 13.7. The van der Waals surface area contributed by atoms with E-state index in [1.54, 1.807) is 0 Å². The molecule has 0 saturated carbocycles. The van der Waals surface area contributed by atoms with Gasteiger partial charge in [-0.05, 0) is 23.8 Å². The highest BCUT2D eigenvalue weighted by molar-refractivity contribution is 6.31. The number of hydrogen-bond donors (Lipinski definition) is 0. The van der Waals surface area contributed by atoms with Crippen LogP contribution in [0, 0.1) is 0 Å². The highest BCUT2D eigenvalue weighted by Crippen LogP contribution is 2.15. The van der Waals surface area contributed by atoms with Crippen molar-refractivity contribution in [2.24, 2.45) is 12.0 Å². The van der Waals surface area contributed by atoms with E-state index in [2.05, 4.69) is 4.99 Å². The van der Waals surface area contributed by atoms with Crippen molar-refractivity contribution in [3.63, 3.8) is 0 Å². The number of aromatic nitrogens is 1. The number of hydrogen-bond acceptors (Lipinski definition) is 1. The van der Waals surface area contributed by atoms with Gasteiger partial charge in [0.25, 0.3) is 0 Å². The largest absolute Gasteiger partial charge is 0.336 e. The third kappa shape index (κ3) is 2.52. The van der Waals surface area contributed by atoms with E-state index in [0.29, 0.717) is 6.54 Å². The summed E-state index contributed by atoms with van der Waals surface area (Å²) in [5.74, 6) is 0. The van der Waals surface area contributed by atoms with Gasteiger partial charge >= 0.3 is 0 Å². The summed E-state index contributed by atoms with van der Waals surface area (Å²) in [5.41, 5.74) is 2.00. The number of halogens is 1. The molecule has 0 aliphatic rings. The monoisotopic (exact) mass is 232 g/mol. The standard InChI is InChI=1S/C13H13ClN2/c1-16-9-5-4-8-13(16)15-10-11-6-2-3-7-12(11)14/h2-9H,10H2,1H3. The number of benzene rings is 1. The van der Waals surface area contributed by atoms with Gasteiger partial charge in [0.05, 0.1) is 6.54 Å². The summed E-state index contributed by atoms with van der Waals surface area (Å²) in [6.07, 6.45) is 1.98. The molecular formula is C13H13ClN2. The van der Waals surface area contributed by atoms with Gasteiger partial charge in [-0.25, -0.2) is 0 Å². The molecule has 0 radical (unpaired) electrons. The van der Waals surface area contributed by atoms with Crippen LogP contribution < -0.4 is 5.49 Å². The molecule has 2 nitrogen and oxygen atoms in total. The molecule has 0 N–H and O–H groups in total. The third-order valence-corrected chi connectivity index (χ3v) is 2.77. The van der Waals surface area contributed by atoms with Gasteiger partial charge in [0.2, 0.25) is 0 Å². The first-order chi connectivity index (χ1) is 7.77. The molecule has 2 rings (SSSR count). The molecule has 0 unspecified atom stereocenters. The van der Waals surface area contributed by atoms with Crippen molar-refractivity contribution < 1.29 is 0 Å². The molecule has 0 aliphatic heterocycles. The number of nitrogens with zero attached hydrogens (tertiary/aromatic N) is 2. The smallest absolute Gasteiger partial charge is 0.127 e. The van der Waals surface area contributed by atoms with Crippen molar-refractivity contribution in [3.05, 3.63) is 64.7 Å². The molecule has 2 aromatic rings. The van der Waals surface area contributed by atoms with E-state index in [1.807, 2.05) is 60.3 Å². The average Bonchev–Trinajstić information content (AvgIpc) is 2.30. The lowest BCUT2D eigenvalue weighted by Gasteiger charge is -2.01. The lowest BCUT2D eigenvalue weighted by atomic mass is 10.2. The van der Waals surface area contributed by atoms with Gasteiger partial charge in [-0.1, -0.05) is 35.9 Å². The molecular weight excluding hydrogens is 220 g/mol. The zero-order valence-corrected chi connectivity index (χ0v) is 9.85. The summed E-state index contributed by atoms with van der Waals surface area (Å²) in [6.45, 7) is 0.609. The fraction of sp³-hybridized carbons (Fsp3) is 0.154. The van der Waals surface area contributed by atoms with Crippen molar-refractivity contribution in [1.29, 1.82) is 0 Å². The van der Waals surface area contributed by atoms with E-state index >= 15 is 0 Å². The summed E-state index contributed by atoms with van der Waals surface area (Å²) in [5, 5.41) is 0.768. The minimum Gasteiger partial charge on any atom is -0.336 e. The Morgan fingerprint density at radius 2 is 1.88 bits per heavy atom. The van der Waals surface area contributed by atoms with Crippen LogP contribution in [0.3, 0.4) is 0 Å². The predicted octanol–water partition coefficient (Wildman–Crippen LogP) is 2.78. The van der Waals surface area contributed by atoms with Crippen LogP contribution >= 0.6 is 11.6 Å². The normalized spacial score (nSPS) is 11.8. The summed E-state index contributed by atoms with van der Waals surface area (Å²) in [4.78, 5) is 4.52. The van der Waals surface area contributed by atoms with Crippen molar-refractivity contribution in [3.8, 4) is 0 Å². The molecule has 1 aromatic carbocycles. The third-order valence-electron chi connectivity index (χ3n) is 2.40. The molecule has 0 bridgehead atoms. The van der Waals surface area contributed by atoms with Gasteiger partial charge in [-0.3, -0.25) is 4.99 Å². The fourth-order valence-corrected chi connectivity index (χ4v) is 1.67. The zero-order valence-electron chi connectivity index (χ0n) is 9.10. The van der Waals surface area contributed by atoms with Gasteiger partial charge < -0.3 is 4.57 Å². The SMILES string of the molecule is Cn1ccccc1=NCc1ccccc1Cl. The Kier molecular flexibility index (Phi) is 3.42. The Bertz CT molecular complexity index is 543. The minimum atomic E-state index is 0.609. The quantitative estimate of drug-likeness (QED) is 0.758. The Balaban J connectivity index is 2.28. The number of aryl methyl sites for hydroxylation is 1. The lowest BCUT2D eigenvalue weighted by molar-refractivity contribution is 0.802. The maximum Gasteiger partial charge on any atom is 0.127 e. The van der Waals surface area contributed by atoms with Gasteiger partial charge in [-0.15, -0.1) is 0 Å². The Morgan fingerprint density at radius 3 is 2.62 bits per heavy atom. The van der Waals surface area contributed by atoms with Gasteiger partial charge in [0.1, 0.15) is 5.49 Å². The second-order valence-corrected chi connectivity index (χ2v) is 3.98. The number of rotatable bonds is 2. The first-order valence-electron chi connectivity index (χ1n) is 5.13. The van der Waals surface area contributed by atoms with Crippen LogP contribution in [0.5, 0.6) is 0 Å². The number of pyridine rings is 1. The first kappa shape index (κ1) is 11.0. The summed E-state index contributed by atoms with van der Waals surface area (Å²) >= 11 is 6.06. The molecule has 0 fully saturated rings. The maximum absolute atomic E-state index is 6.06. The summed E-state index contributed by atoms with van der Waals surface area (Å²) < 4.78 is 1.98. The van der Waals surface area contributed by atoms with E-state index in [0.717, 1.165) is 16.1 Å². The van der Waals surface area contributed by atoms with E-state index in [1.165, 1.54) is 0 Å². The van der Waals surface area contributed by atoms with E-state index in [-0.39, 0.29) is 0 Å². The Morgan fingerprint density at radius 1 is 1.12 bits per heavy atom. The first-order valence-corrected chi connectivity index (χ1v) is 5.51. The van der Waals surface area contributed by atoms with Crippen LogP contribution in [0.1, 0.15) is 5.56 Å². The Labute approximate surface area is 99.8 Å². The summed E-state index contributed by atoms with van der Waals surface area (Å²) in [7, 11) is 1.98. The molecule has 0 aliphatic carbocycles. The molecule has 82 valence electrons. The highest BCUT2D eigenvalue weighted by atomic mass is 35.5. The van der Waals surface area contributed by atoms with Crippen LogP contribution in [0.25, 0.3) is 0 Å². The van der Waals surface area contributed by atoms with Crippen LogP contribution in [-0.2, 0) is 13.6 Å². The van der Waals surface area contributed by atoms with Crippen LogP contribution in [0.2, 0.25) is 5.02 Å². The second kappa shape index (κ2) is 4.99. The minimum absolute atomic E-state index is 0.609. The highest BCUT2D eigenvalue weighted by Gasteiger charge is 1.96. The van der Waals surface area contributed by atoms with Gasteiger partial charge in [0, 0.05) is 18.3 Å². The van der Waals surface area contributed by atoms with E-state index in [4.69, 9.17) is 11.6 Å². The van der Waals surface area contributed by atoms with E-state index in [9.17, 15) is 0 Å². The van der Waals surface area contributed by atoms with Crippen LogP contribution in [0.15, 0.2) is 53.7 Å². The molecule has 0 atom stereocenters. The van der Waals surface area contributed by atoms with Crippen LogP contribution in [0.4, 0.5) is 0 Å². The molecule has 0 amide bonds. The molecule has 1 aromatic heterocycles. The average molecular weight is 233 g/mol. The maximum atomic E-state index is 6.06. The topological polar surface area (TPSA) is 17.3 Å². The van der Waals surface area contributed by atoms with Crippen molar-refractivity contribution in [1.82, 2.24) is 4.57 Å². The predicted molar refractivity (Wildman–Crippen MR) is 66.1 cm³/mol. The molecule has 0 saturated heterocycles. The van der Waals surface area contributed by atoms with Gasteiger partial charge in [-0.2, -0.15) is 0 Å². The van der Waals surface area contributed by atoms with Crippen molar-refractivity contribution in [2.75, 3.05) is 0 Å². The van der Waals surface area contributed by atoms with Crippen molar-refractivity contribution >= 4 is 11.6 Å². The van der Waals surface area contributed by atoms with Crippen LogP contribution in [-0.4, -0.2) is 4.57 Å². The molecule has 1 heterocycles. The molecule has 16 heavy (non-hydrogen) atoms.